The number of nitrogens with two attached hydrogens (primary N) is 1. The highest BCUT2D eigenvalue weighted by molar-refractivity contribution is 5.48. The molecule has 1 spiro atoms. The van der Waals surface area contributed by atoms with Crippen molar-refractivity contribution >= 4 is 0 Å². The van der Waals surface area contributed by atoms with E-state index in [0.717, 1.165) is 12.2 Å². The second kappa shape index (κ2) is 2.51. The summed E-state index contributed by atoms with van der Waals surface area (Å²) in [6.45, 7) is 0. The van der Waals surface area contributed by atoms with Gasteiger partial charge in [0.15, 0.2) is 0 Å². The van der Waals surface area contributed by atoms with Gasteiger partial charge in [0.05, 0.1) is 7.11 Å². The molecule has 1 unspecified atom stereocenters. The van der Waals surface area contributed by atoms with Crippen LogP contribution in [0.4, 0.5) is 0 Å². The third-order valence-electron chi connectivity index (χ3n) is 3.81. The quantitative estimate of drug-likeness (QED) is 0.733. The van der Waals surface area contributed by atoms with Gasteiger partial charge in [-0.3, -0.25) is 0 Å². The van der Waals surface area contributed by atoms with Crippen molar-refractivity contribution in [2.75, 3.05) is 7.11 Å². The molecule has 0 aliphatic heterocycles. The van der Waals surface area contributed by atoms with Gasteiger partial charge in [0.2, 0.25) is 0 Å². The maximum atomic E-state index is 6.25. The van der Waals surface area contributed by atoms with Crippen LogP contribution in [-0.4, -0.2) is 7.11 Å². The minimum atomic E-state index is 0.243. The van der Waals surface area contributed by atoms with Crippen LogP contribution in [0.2, 0.25) is 0 Å². The largest absolute Gasteiger partial charge is 0.496 e. The highest BCUT2D eigenvalue weighted by atomic mass is 16.5. The molecule has 2 aliphatic rings. The molecule has 3 rings (SSSR count). The Morgan fingerprint density at radius 3 is 2.86 bits per heavy atom. The summed E-state index contributed by atoms with van der Waals surface area (Å²) in [5.74, 6) is 1.02. The summed E-state index contributed by atoms with van der Waals surface area (Å²) in [5, 5.41) is 0. The van der Waals surface area contributed by atoms with Crippen LogP contribution in [0.5, 0.6) is 5.75 Å². The normalized spacial score (nSPS) is 26.3. The molecule has 14 heavy (non-hydrogen) atoms. The Morgan fingerprint density at radius 1 is 1.43 bits per heavy atom. The first kappa shape index (κ1) is 8.30. The molecule has 2 heteroatoms. The Morgan fingerprint density at radius 2 is 2.21 bits per heavy atom. The molecule has 0 amide bonds. The molecule has 1 saturated carbocycles. The van der Waals surface area contributed by atoms with Crippen LogP contribution in [0.15, 0.2) is 18.2 Å². The van der Waals surface area contributed by atoms with Crippen LogP contribution in [0.25, 0.3) is 0 Å². The van der Waals surface area contributed by atoms with Gasteiger partial charge in [0.1, 0.15) is 5.75 Å². The fourth-order valence-corrected chi connectivity index (χ4v) is 2.69. The molecule has 0 saturated heterocycles. The molecule has 1 aromatic rings. The van der Waals surface area contributed by atoms with E-state index in [4.69, 9.17) is 10.5 Å². The summed E-state index contributed by atoms with van der Waals surface area (Å²) in [6, 6.07) is 6.47. The lowest BCUT2D eigenvalue weighted by Crippen LogP contribution is -2.17. The highest BCUT2D eigenvalue weighted by Crippen LogP contribution is 2.62. The third-order valence-corrected chi connectivity index (χ3v) is 3.81. The minimum Gasteiger partial charge on any atom is -0.496 e. The maximum absolute atomic E-state index is 6.25. The van der Waals surface area contributed by atoms with Gasteiger partial charge in [-0.1, -0.05) is 12.1 Å². The zero-order valence-corrected chi connectivity index (χ0v) is 8.42. The number of hydrogen-bond donors (Lipinski definition) is 1. The lowest BCUT2D eigenvalue weighted by Gasteiger charge is -2.12. The zero-order chi connectivity index (χ0) is 9.76. The van der Waals surface area contributed by atoms with Crippen LogP contribution in [-0.2, 0) is 6.42 Å². The Balaban J connectivity index is 2.12. The van der Waals surface area contributed by atoms with Gasteiger partial charge in [-0.2, -0.15) is 0 Å². The van der Waals surface area contributed by atoms with E-state index in [0.29, 0.717) is 5.41 Å². The van der Waals surface area contributed by atoms with Gasteiger partial charge in [-0.15, -0.1) is 0 Å². The van der Waals surface area contributed by atoms with Crippen molar-refractivity contribution in [3.63, 3.8) is 0 Å². The second-order valence-electron chi connectivity index (χ2n) is 4.54. The molecule has 1 aromatic carbocycles. The predicted molar refractivity (Wildman–Crippen MR) is 55.3 cm³/mol. The predicted octanol–water partition coefficient (Wildman–Crippen LogP) is 2.03. The number of methoxy groups -OCH3 is 1. The van der Waals surface area contributed by atoms with E-state index in [1.165, 1.54) is 24.0 Å². The van der Waals surface area contributed by atoms with Crippen molar-refractivity contribution in [1.29, 1.82) is 0 Å². The molecular weight excluding hydrogens is 174 g/mol. The smallest absolute Gasteiger partial charge is 0.122 e. The van der Waals surface area contributed by atoms with Crippen molar-refractivity contribution < 1.29 is 4.74 Å². The van der Waals surface area contributed by atoms with Crippen molar-refractivity contribution in [3.8, 4) is 5.75 Å². The third kappa shape index (κ3) is 0.894. The Hall–Kier alpha value is -1.02. The second-order valence-corrected chi connectivity index (χ2v) is 4.54. The number of fused-ring (bicyclic) bond motifs is 1. The molecule has 1 atom stereocenters. The van der Waals surface area contributed by atoms with Gasteiger partial charge < -0.3 is 10.5 Å². The first-order valence-corrected chi connectivity index (χ1v) is 5.18. The summed E-state index contributed by atoms with van der Waals surface area (Å²) in [7, 11) is 1.74. The number of rotatable bonds is 1. The summed E-state index contributed by atoms with van der Waals surface area (Å²) in [6.07, 6.45) is 3.69. The molecular formula is C12H15NO. The van der Waals surface area contributed by atoms with Crippen LogP contribution in [0, 0.1) is 5.41 Å². The van der Waals surface area contributed by atoms with Crippen molar-refractivity contribution in [3.05, 3.63) is 29.3 Å². The van der Waals surface area contributed by atoms with Gasteiger partial charge >= 0.3 is 0 Å². The lowest BCUT2D eigenvalue weighted by molar-refractivity contribution is 0.404. The Kier molecular flexibility index (Phi) is 1.49. The average molecular weight is 189 g/mol. The Labute approximate surface area is 84.1 Å². The van der Waals surface area contributed by atoms with E-state index in [1.54, 1.807) is 7.11 Å². The maximum Gasteiger partial charge on any atom is 0.122 e. The standard InChI is InChI=1S/C12H15NO/c1-14-10-4-2-3-8-9(10)7-12(5-6-12)11(8)13/h2-4,11H,5-7,13H2,1H3. The molecule has 1 fully saturated rings. The lowest BCUT2D eigenvalue weighted by atomic mass is 9.99. The molecule has 0 radical (unpaired) electrons. The molecule has 2 aliphatic carbocycles. The topological polar surface area (TPSA) is 35.2 Å². The average Bonchev–Trinajstić information content (AvgIpc) is 2.92. The molecule has 0 bridgehead atoms. The highest BCUT2D eigenvalue weighted by Gasteiger charge is 2.53. The first-order valence-electron chi connectivity index (χ1n) is 5.18. The molecule has 0 aromatic heterocycles. The minimum absolute atomic E-state index is 0.243. The van der Waals surface area contributed by atoms with Gasteiger partial charge in [-0.05, 0) is 41.9 Å². The van der Waals surface area contributed by atoms with E-state index < -0.39 is 0 Å². The van der Waals surface area contributed by atoms with E-state index >= 15 is 0 Å². The molecule has 0 heterocycles. The first-order chi connectivity index (χ1) is 6.77. The Bertz CT molecular complexity index is 382. The number of benzene rings is 1. The summed E-state index contributed by atoms with van der Waals surface area (Å²) < 4.78 is 5.37. The number of hydrogen-bond acceptors (Lipinski definition) is 2. The van der Waals surface area contributed by atoms with Gasteiger partial charge in [0.25, 0.3) is 0 Å². The van der Waals surface area contributed by atoms with E-state index in [1.807, 2.05) is 12.1 Å². The van der Waals surface area contributed by atoms with Crippen LogP contribution in [0.1, 0.15) is 30.0 Å². The zero-order valence-electron chi connectivity index (χ0n) is 8.42. The summed E-state index contributed by atoms with van der Waals surface area (Å²) >= 11 is 0. The van der Waals surface area contributed by atoms with E-state index in [2.05, 4.69) is 6.07 Å². The summed E-state index contributed by atoms with van der Waals surface area (Å²) in [4.78, 5) is 0. The summed E-state index contributed by atoms with van der Waals surface area (Å²) in [5.41, 5.74) is 9.31. The van der Waals surface area contributed by atoms with Crippen LogP contribution >= 0.6 is 0 Å². The van der Waals surface area contributed by atoms with Gasteiger partial charge in [-0.25, -0.2) is 0 Å². The molecule has 2 nitrogen and oxygen atoms in total. The number of ether oxygens (including phenoxy) is 1. The monoisotopic (exact) mass is 189 g/mol. The van der Waals surface area contributed by atoms with Crippen molar-refractivity contribution in [2.45, 2.75) is 25.3 Å². The van der Waals surface area contributed by atoms with Crippen molar-refractivity contribution in [2.24, 2.45) is 11.1 Å². The fraction of sp³-hybridized carbons (Fsp3) is 0.500. The SMILES string of the molecule is COc1cccc2c1CC1(CC1)C2N. The van der Waals surface area contributed by atoms with Crippen LogP contribution < -0.4 is 10.5 Å². The van der Waals surface area contributed by atoms with Crippen molar-refractivity contribution in [1.82, 2.24) is 0 Å². The van der Waals surface area contributed by atoms with Crippen LogP contribution in [0.3, 0.4) is 0 Å². The molecule has 2 N–H and O–H groups in total. The van der Waals surface area contributed by atoms with E-state index in [-0.39, 0.29) is 6.04 Å². The fourth-order valence-electron chi connectivity index (χ4n) is 2.69. The molecule has 74 valence electrons. The van der Waals surface area contributed by atoms with Gasteiger partial charge in [0, 0.05) is 6.04 Å². The van der Waals surface area contributed by atoms with E-state index in [9.17, 15) is 0 Å².